The molecule has 2 fully saturated rings. The number of aliphatic hydroxyl groups is 1. The summed E-state index contributed by atoms with van der Waals surface area (Å²) in [6.07, 6.45) is 3.28. The van der Waals surface area contributed by atoms with E-state index in [0.717, 1.165) is 44.7 Å². The molecule has 5 heteroatoms. The Labute approximate surface area is 163 Å². The summed E-state index contributed by atoms with van der Waals surface area (Å²) >= 11 is 0. The number of halogens is 1. The van der Waals surface area contributed by atoms with Crippen molar-refractivity contribution in [1.82, 2.24) is 4.90 Å². The number of aliphatic hydroxyl groups excluding tert-OH is 1. The van der Waals surface area contributed by atoms with Crippen molar-refractivity contribution in [1.29, 1.82) is 0 Å². The van der Waals surface area contributed by atoms with Crippen molar-refractivity contribution in [3.05, 3.63) is 30.1 Å². The van der Waals surface area contributed by atoms with Crippen molar-refractivity contribution >= 4 is 5.69 Å². The first-order valence-corrected chi connectivity index (χ1v) is 10.3. The SMILES string of the molecule is CC1CC(OCC(O)CN2CCN(c3ccc(F)cc3)CC2)CC(C)(C)C1. The molecule has 4 nitrogen and oxygen atoms in total. The molecule has 3 unspecified atom stereocenters. The van der Waals surface area contributed by atoms with Gasteiger partial charge in [0.05, 0.1) is 18.8 Å². The highest BCUT2D eigenvalue weighted by molar-refractivity contribution is 5.46. The van der Waals surface area contributed by atoms with Crippen molar-refractivity contribution in [2.24, 2.45) is 11.3 Å². The lowest BCUT2D eigenvalue weighted by Gasteiger charge is -2.39. The molecule has 0 radical (unpaired) electrons. The third-order valence-electron chi connectivity index (χ3n) is 5.90. The molecule has 3 atom stereocenters. The molecule has 1 aliphatic carbocycles. The molecule has 0 spiro atoms. The van der Waals surface area contributed by atoms with E-state index in [0.29, 0.717) is 24.5 Å². The molecule has 3 rings (SSSR count). The molecule has 0 amide bonds. The van der Waals surface area contributed by atoms with Crippen molar-refractivity contribution in [3.63, 3.8) is 0 Å². The molecule has 2 aliphatic rings. The highest BCUT2D eigenvalue weighted by Gasteiger charge is 2.32. The fourth-order valence-corrected chi connectivity index (χ4v) is 4.82. The zero-order valence-electron chi connectivity index (χ0n) is 17.0. The van der Waals surface area contributed by atoms with E-state index < -0.39 is 6.10 Å². The minimum Gasteiger partial charge on any atom is -0.389 e. The van der Waals surface area contributed by atoms with Crippen molar-refractivity contribution < 1.29 is 14.2 Å². The van der Waals surface area contributed by atoms with E-state index in [1.54, 1.807) is 0 Å². The summed E-state index contributed by atoms with van der Waals surface area (Å²) in [5.74, 6) is 0.492. The van der Waals surface area contributed by atoms with Crippen LogP contribution in [0.2, 0.25) is 0 Å². The number of piperazine rings is 1. The van der Waals surface area contributed by atoms with Crippen LogP contribution in [0.1, 0.15) is 40.0 Å². The van der Waals surface area contributed by atoms with Gasteiger partial charge in [-0.1, -0.05) is 20.8 Å². The van der Waals surface area contributed by atoms with Crippen LogP contribution >= 0.6 is 0 Å². The van der Waals surface area contributed by atoms with Crippen LogP contribution in [0, 0.1) is 17.2 Å². The van der Waals surface area contributed by atoms with Crippen LogP contribution in [-0.2, 0) is 4.74 Å². The number of anilines is 1. The zero-order chi connectivity index (χ0) is 19.4. The van der Waals surface area contributed by atoms with Crippen LogP contribution in [0.4, 0.5) is 10.1 Å². The Hall–Kier alpha value is -1.17. The smallest absolute Gasteiger partial charge is 0.123 e. The molecule has 1 saturated carbocycles. The van der Waals surface area contributed by atoms with Crippen LogP contribution in [-0.4, -0.2) is 61.5 Å². The summed E-state index contributed by atoms with van der Waals surface area (Å²) in [4.78, 5) is 4.56. The fraction of sp³-hybridized carbons (Fsp3) is 0.727. The average Bonchev–Trinajstić information content (AvgIpc) is 2.60. The van der Waals surface area contributed by atoms with Gasteiger partial charge < -0.3 is 14.7 Å². The number of nitrogens with zero attached hydrogens (tertiary/aromatic N) is 2. The molecule has 1 heterocycles. The van der Waals surface area contributed by atoms with Gasteiger partial charge in [0.25, 0.3) is 0 Å². The molecule has 152 valence electrons. The largest absolute Gasteiger partial charge is 0.389 e. The maximum atomic E-state index is 13.1. The van der Waals surface area contributed by atoms with Crippen LogP contribution in [0.15, 0.2) is 24.3 Å². The summed E-state index contributed by atoms with van der Waals surface area (Å²) in [7, 11) is 0. The summed E-state index contributed by atoms with van der Waals surface area (Å²) in [6, 6.07) is 6.69. The molecule has 1 aromatic carbocycles. The lowest BCUT2D eigenvalue weighted by atomic mass is 9.71. The number of hydrogen-bond acceptors (Lipinski definition) is 4. The Balaban J connectivity index is 1.38. The van der Waals surface area contributed by atoms with Gasteiger partial charge in [-0.25, -0.2) is 4.39 Å². The summed E-state index contributed by atoms with van der Waals surface area (Å²) in [5, 5.41) is 10.4. The van der Waals surface area contributed by atoms with Crippen LogP contribution < -0.4 is 4.90 Å². The molecule has 1 aromatic rings. The number of β-amino-alcohol motifs (C(OH)–C–C–N with tert-alkyl or cyclic N) is 1. The summed E-state index contributed by atoms with van der Waals surface area (Å²) in [6.45, 7) is 11.6. The quantitative estimate of drug-likeness (QED) is 0.821. The third-order valence-corrected chi connectivity index (χ3v) is 5.90. The van der Waals surface area contributed by atoms with Crippen LogP contribution in [0.25, 0.3) is 0 Å². The topological polar surface area (TPSA) is 35.9 Å². The van der Waals surface area contributed by atoms with Crippen LogP contribution in [0.5, 0.6) is 0 Å². The van der Waals surface area contributed by atoms with Gasteiger partial charge in [-0.05, 0) is 54.9 Å². The fourth-order valence-electron chi connectivity index (χ4n) is 4.82. The summed E-state index contributed by atoms with van der Waals surface area (Å²) in [5.41, 5.74) is 1.40. The Morgan fingerprint density at radius 3 is 2.44 bits per heavy atom. The minimum atomic E-state index is -0.442. The van der Waals surface area contributed by atoms with Gasteiger partial charge in [0.1, 0.15) is 5.82 Å². The number of benzene rings is 1. The number of hydrogen-bond donors (Lipinski definition) is 1. The lowest BCUT2D eigenvalue weighted by molar-refractivity contribution is -0.0615. The Morgan fingerprint density at radius 1 is 1.15 bits per heavy atom. The number of ether oxygens (including phenoxy) is 1. The van der Waals surface area contributed by atoms with E-state index in [2.05, 4.69) is 30.6 Å². The first-order chi connectivity index (χ1) is 12.8. The van der Waals surface area contributed by atoms with Gasteiger partial charge in [0.15, 0.2) is 0 Å². The normalized spacial score (nSPS) is 27.5. The highest BCUT2D eigenvalue weighted by Crippen LogP contribution is 2.39. The van der Waals surface area contributed by atoms with Crippen molar-refractivity contribution in [3.8, 4) is 0 Å². The monoisotopic (exact) mass is 378 g/mol. The predicted octanol–water partition coefficient (Wildman–Crippen LogP) is 3.54. The molecular weight excluding hydrogens is 343 g/mol. The molecule has 1 saturated heterocycles. The standard InChI is InChI=1S/C22H35FN2O2/c1-17-12-21(14-22(2,3)13-17)27-16-20(26)15-24-8-10-25(11-9-24)19-6-4-18(23)5-7-19/h4-7,17,20-21,26H,8-16H2,1-3H3. The summed E-state index contributed by atoms with van der Waals surface area (Å²) < 4.78 is 19.1. The van der Waals surface area contributed by atoms with E-state index >= 15 is 0 Å². The van der Waals surface area contributed by atoms with E-state index in [1.165, 1.54) is 18.6 Å². The maximum absolute atomic E-state index is 13.1. The first-order valence-electron chi connectivity index (χ1n) is 10.3. The minimum absolute atomic E-state index is 0.198. The molecule has 27 heavy (non-hydrogen) atoms. The zero-order valence-corrected chi connectivity index (χ0v) is 17.0. The van der Waals surface area contributed by atoms with Gasteiger partial charge in [-0.2, -0.15) is 0 Å². The van der Waals surface area contributed by atoms with Crippen LogP contribution in [0.3, 0.4) is 0 Å². The van der Waals surface area contributed by atoms with Crippen molar-refractivity contribution in [2.45, 2.75) is 52.2 Å². The van der Waals surface area contributed by atoms with E-state index in [4.69, 9.17) is 4.74 Å². The van der Waals surface area contributed by atoms with E-state index in [9.17, 15) is 9.50 Å². The van der Waals surface area contributed by atoms with Gasteiger partial charge in [-0.3, -0.25) is 4.90 Å². The Kier molecular flexibility index (Phi) is 6.77. The molecule has 0 aromatic heterocycles. The third kappa shape index (κ3) is 6.16. The molecule has 1 aliphatic heterocycles. The molecular formula is C22H35FN2O2. The molecule has 0 bridgehead atoms. The van der Waals surface area contributed by atoms with E-state index in [-0.39, 0.29) is 11.9 Å². The van der Waals surface area contributed by atoms with Gasteiger partial charge >= 0.3 is 0 Å². The van der Waals surface area contributed by atoms with Gasteiger partial charge in [0.2, 0.25) is 0 Å². The van der Waals surface area contributed by atoms with Gasteiger partial charge in [-0.15, -0.1) is 0 Å². The van der Waals surface area contributed by atoms with Crippen molar-refractivity contribution in [2.75, 3.05) is 44.2 Å². The molecule has 1 N–H and O–H groups in total. The second kappa shape index (κ2) is 8.89. The Morgan fingerprint density at radius 2 is 1.81 bits per heavy atom. The first kappa shape index (κ1) is 20.6. The maximum Gasteiger partial charge on any atom is 0.123 e. The second-order valence-electron chi connectivity index (χ2n) is 9.29. The Bertz CT molecular complexity index is 584. The number of rotatable bonds is 6. The van der Waals surface area contributed by atoms with E-state index in [1.807, 2.05) is 12.1 Å². The second-order valence-corrected chi connectivity index (χ2v) is 9.29. The lowest BCUT2D eigenvalue weighted by Crippen LogP contribution is -2.49. The van der Waals surface area contributed by atoms with Gasteiger partial charge in [0, 0.05) is 38.4 Å². The average molecular weight is 379 g/mol. The predicted molar refractivity (Wildman–Crippen MR) is 108 cm³/mol. The highest BCUT2D eigenvalue weighted by atomic mass is 19.1.